The van der Waals surface area contributed by atoms with Crippen molar-refractivity contribution in [3.8, 4) is 0 Å². The number of rotatable bonds is 2. The summed E-state index contributed by atoms with van der Waals surface area (Å²) >= 11 is 0. The number of hydrogen-bond acceptors (Lipinski definition) is 4. The van der Waals surface area contributed by atoms with Gasteiger partial charge in [0.05, 0.1) is 29.9 Å². The number of carboxylic acids is 1. The number of pyridine rings is 1. The number of carboxylic acid groups (broad SMARTS) is 1. The zero-order valence-corrected chi connectivity index (χ0v) is 12.2. The lowest BCUT2D eigenvalue weighted by Gasteiger charge is -2.31. The third-order valence-corrected chi connectivity index (χ3v) is 3.77. The molecular weight excluding hydrogens is 284 g/mol. The van der Waals surface area contributed by atoms with Gasteiger partial charge in [-0.2, -0.15) is 0 Å². The van der Waals surface area contributed by atoms with E-state index in [4.69, 9.17) is 9.84 Å². The lowest BCUT2D eigenvalue weighted by molar-refractivity contribution is -0.154. The average molecular weight is 300 g/mol. The van der Waals surface area contributed by atoms with Crippen molar-refractivity contribution in [3.05, 3.63) is 41.6 Å². The lowest BCUT2D eigenvalue weighted by Crippen LogP contribution is -2.48. The first-order valence-corrected chi connectivity index (χ1v) is 7.06. The maximum absolute atomic E-state index is 12.7. The van der Waals surface area contributed by atoms with E-state index in [1.54, 1.807) is 6.92 Å². The average Bonchev–Trinajstić information content (AvgIpc) is 2.53. The molecule has 1 aromatic heterocycles. The van der Waals surface area contributed by atoms with Crippen molar-refractivity contribution in [1.82, 2.24) is 9.88 Å². The number of carbonyl (C=O) groups is 2. The number of ether oxygens (including phenoxy) is 1. The van der Waals surface area contributed by atoms with Gasteiger partial charge in [0, 0.05) is 11.9 Å². The Morgan fingerprint density at radius 1 is 1.36 bits per heavy atom. The van der Waals surface area contributed by atoms with E-state index in [-0.39, 0.29) is 19.1 Å². The number of benzene rings is 1. The summed E-state index contributed by atoms with van der Waals surface area (Å²) in [5.41, 5.74) is 1.98. The summed E-state index contributed by atoms with van der Waals surface area (Å²) in [5, 5.41) is 9.92. The van der Waals surface area contributed by atoms with Crippen molar-refractivity contribution in [2.24, 2.45) is 0 Å². The number of hydrogen-bond donors (Lipinski definition) is 1. The van der Waals surface area contributed by atoms with Gasteiger partial charge in [0.1, 0.15) is 0 Å². The Bertz CT molecular complexity index is 744. The fourth-order valence-electron chi connectivity index (χ4n) is 2.58. The Kier molecular flexibility index (Phi) is 3.77. The second kappa shape index (κ2) is 5.73. The molecule has 6 nitrogen and oxygen atoms in total. The molecule has 0 spiro atoms. The first kappa shape index (κ1) is 14.5. The molecule has 0 saturated carbocycles. The Morgan fingerprint density at radius 2 is 2.14 bits per heavy atom. The van der Waals surface area contributed by atoms with Gasteiger partial charge in [-0.05, 0) is 19.1 Å². The molecular formula is C16H16N2O4. The topological polar surface area (TPSA) is 79.7 Å². The van der Waals surface area contributed by atoms with Crippen molar-refractivity contribution < 1.29 is 19.4 Å². The highest BCUT2D eigenvalue weighted by Gasteiger charge is 2.30. The smallest absolute Gasteiger partial charge is 0.334 e. The number of aliphatic carboxylic acids is 1. The van der Waals surface area contributed by atoms with Crippen molar-refractivity contribution >= 4 is 22.8 Å². The van der Waals surface area contributed by atoms with Gasteiger partial charge >= 0.3 is 5.97 Å². The molecule has 1 fully saturated rings. The molecule has 1 N–H and O–H groups in total. The number of amides is 1. The highest BCUT2D eigenvalue weighted by molar-refractivity contribution is 5.99. The molecule has 0 bridgehead atoms. The van der Waals surface area contributed by atoms with Gasteiger partial charge in [-0.1, -0.05) is 18.2 Å². The minimum atomic E-state index is -1.05. The van der Waals surface area contributed by atoms with Crippen LogP contribution in [0.15, 0.2) is 30.3 Å². The Morgan fingerprint density at radius 3 is 2.91 bits per heavy atom. The second-order valence-electron chi connectivity index (χ2n) is 5.26. The predicted molar refractivity (Wildman–Crippen MR) is 79.8 cm³/mol. The van der Waals surface area contributed by atoms with Crippen molar-refractivity contribution in [1.29, 1.82) is 0 Å². The molecule has 3 rings (SSSR count). The molecule has 2 heterocycles. The van der Waals surface area contributed by atoms with Crippen LogP contribution in [0.2, 0.25) is 0 Å². The molecule has 1 atom stereocenters. The van der Waals surface area contributed by atoms with Crippen LogP contribution in [0.1, 0.15) is 16.1 Å². The van der Waals surface area contributed by atoms with Crippen molar-refractivity contribution in [2.45, 2.75) is 13.0 Å². The van der Waals surface area contributed by atoms with Crippen LogP contribution in [-0.4, -0.2) is 52.7 Å². The van der Waals surface area contributed by atoms with Gasteiger partial charge < -0.3 is 14.7 Å². The highest BCUT2D eigenvalue weighted by atomic mass is 16.5. The van der Waals surface area contributed by atoms with E-state index in [0.717, 1.165) is 10.9 Å². The summed E-state index contributed by atoms with van der Waals surface area (Å²) in [6.07, 6.45) is -0.966. The normalized spacial score (nSPS) is 18.4. The van der Waals surface area contributed by atoms with E-state index in [1.165, 1.54) is 4.90 Å². The number of morpholine rings is 1. The molecule has 1 aliphatic heterocycles. The zero-order valence-electron chi connectivity index (χ0n) is 12.2. The van der Waals surface area contributed by atoms with Crippen LogP contribution >= 0.6 is 0 Å². The van der Waals surface area contributed by atoms with Crippen LogP contribution in [-0.2, 0) is 9.53 Å². The number of aryl methyl sites for hydroxylation is 1. The first-order chi connectivity index (χ1) is 10.6. The summed E-state index contributed by atoms with van der Waals surface area (Å²) in [4.78, 5) is 29.7. The molecule has 0 radical (unpaired) electrons. The maximum atomic E-state index is 12.7. The van der Waals surface area contributed by atoms with E-state index in [0.29, 0.717) is 17.8 Å². The minimum Gasteiger partial charge on any atom is -0.479 e. The third kappa shape index (κ3) is 2.65. The molecule has 1 amide bonds. The van der Waals surface area contributed by atoms with E-state index >= 15 is 0 Å². The standard InChI is InChI=1S/C16H16N2O4/c1-10-12(8-11-4-2-3-5-13(11)17-10)15(19)18-6-7-22-14(9-18)16(20)21/h2-5,8,14H,6-7,9H2,1H3,(H,20,21). The van der Waals surface area contributed by atoms with Crippen LogP contribution < -0.4 is 0 Å². The highest BCUT2D eigenvalue weighted by Crippen LogP contribution is 2.19. The Labute approximate surface area is 127 Å². The summed E-state index contributed by atoms with van der Waals surface area (Å²) in [6, 6.07) is 9.40. The molecule has 6 heteroatoms. The van der Waals surface area contributed by atoms with Crippen molar-refractivity contribution in [3.63, 3.8) is 0 Å². The Hall–Kier alpha value is -2.47. The number of para-hydroxylation sites is 1. The van der Waals surface area contributed by atoms with E-state index < -0.39 is 12.1 Å². The predicted octanol–water partition coefficient (Wildman–Crippen LogP) is 1.47. The first-order valence-electron chi connectivity index (χ1n) is 7.06. The van der Waals surface area contributed by atoms with Gasteiger partial charge in [0.15, 0.2) is 6.10 Å². The van der Waals surface area contributed by atoms with Gasteiger partial charge in [0.2, 0.25) is 0 Å². The largest absolute Gasteiger partial charge is 0.479 e. The summed E-state index contributed by atoms with van der Waals surface area (Å²) in [7, 11) is 0. The van der Waals surface area contributed by atoms with Gasteiger partial charge in [-0.15, -0.1) is 0 Å². The molecule has 2 aromatic rings. The van der Waals surface area contributed by atoms with E-state index in [9.17, 15) is 9.59 Å². The van der Waals surface area contributed by atoms with Gasteiger partial charge in [-0.3, -0.25) is 9.78 Å². The minimum absolute atomic E-state index is 0.0560. The van der Waals surface area contributed by atoms with Crippen LogP contribution in [0, 0.1) is 6.92 Å². The summed E-state index contributed by atoms with van der Waals surface area (Å²) in [5.74, 6) is -1.25. The van der Waals surface area contributed by atoms with Gasteiger partial charge in [0.25, 0.3) is 5.91 Å². The quantitative estimate of drug-likeness (QED) is 0.908. The monoisotopic (exact) mass is 300 g/mol. The number of aromatic nitrogens is 1. The Balaban J connectivity index is 1.91. The molecule has 0 aliphatic carbocycles. The zero-order chi connectivity index (χ0) is 15.7. The fraction of sp³-hybridized carbons (Fsp3) is 0.312. The molecule has 114 valence electrons. The molecule has 1 aliphatic rings. The second-order valence-corrected chi connectivity index (χ2v) is 5.26. The third-order valence-electron chi connectivity index (χ3n) is 3.77. The number of nitrogens with zero attached hydrogens (tertiary/aromatic N) is 2. The van der Waals surface area contributed by atoms with E-state index in [1.807, 2.05) is 30.3 Å². The lowest BCUT2D eigenvalue weighted by atomic mass is 10.1. The fourth-order valence-corrected chi connectivity index (χ4v) is 2.58. The van der Waals surface area contributed by atoms with Crippen LogP contribution in [0.4, 0.5) is 0 Å². The number of fused-ring (bicyclic) bond motifs is 1. The van der Waals surface area contributed by atoms with E-state index in [2.05, 4.69) is 4.98 Å². The van der Waals surface area contributed by atoms with Crippen molar-refractivity contribution in [2.75, 3.05) is 19.7 Å². The SMILES string of the molecule is Cc1nc2ccccc2cc1C(=O)N1CCOC(C(=O)O)C1. The van der Waals surface area contributed by atoms with Crippen LogP contribution in [0.5, 0.6) is 0 Å². The molecule has 22 heavy (non-hydrogen) atoms. The molecule has 1 aromatic carbocycles. The molecule has 1 unspecified atom stereocenters. The summed E-state index contributed by atoms with van der Waals surface area (Å²) in [6.45, 7) is 2.45. The maximum Gasteiger partial charge on any atom is 0.334 e. The summed E-state index contributed by atoms with van der Waals surface area (Å²) < 4.78 is 5.15. The van der Waals surface area contributed by atoms with Crippen LogP contribution in [0.3, 0.4) is 0 Å². The molecule has 1 saturated heterocycles. The van der Waals surface area contributed by atoms with Gasteiger partial charge in [-0.25, -0.2) is 4.79 Å². The number of carbonyl (C=O) groups excluding carboxylic acids is 1. The van der Waals surface area contributed by atoms with Crippen LogP contribution in [0.25, 0.3) is 10.9 Å².